The minimum absolute atomic E-state index is 0. The minimum atomic E-state index is 0. The Hall–Kier alpha value is -1.20. The Morgan fingerprint density at radius 1 is 1.23 bits per heavy atom. The Morgan fingerprint density at radius 2 is 1.91 bits per heavy atom. The molecule has 2 atom stereocenters. The first-order valence-electron chi connectivity index (χ1n) is 8.07. The van der Waals surface area contributed by atoms with E-state index < -0.39 is 0 Å². The lowest BCUT2D eigenvalue weighted by Gasteiger charge is -2.35. The number of hydrogen-bond acceptors (Lipinski definition) is 4. The Bertz CT molecular complexity index is 551. The summed E-state index contributed by atoms with van der Waals surface area (Å²) >= 11 is 0. The zero-order chi connectivity index (χ0) is 14.4. The second-order valence-corrected chi connectivity index (χ2v) is 6.75. The zero-order valence-corrected chi connectivity index (χ0v) is 13.7. The first kappa shape index (κ1) is 15.7. The van der Waals surface area contributed by atoms with Gasteiger partial charge in [0.1, 0.15) is 11.5 Å². The molecule has 2 saturated heterocycles. The molecule has 3 heterocycles. The molecule has 1 aromatic heterocycles. The standard InChI is InChI=1S/C16H22N4O.ClH/c1-20(13-8-11-4-5-12(9-13)18-11)16(21)14-6-7-17-15(19-14)10-2-3-10;/h6-7,10-13,18H,2-5,8-9H2,1H3;1H. The average Bonchev–Trinajstić information content (AvgIpc) is 3.31. The number of aromatic nitrogens is 2. The van der Waals surface area contributed by atoms with Crippen LogP contribution in [0.3, 0.4) is 0 Å². The molecule has 2 bridgehead atoms. The maximum absolute atomic E-state index is 12.7. The predicted molar refractivity (Wildman–Crippen MR) is 86.3 cm³/mol. The lowest BCUT2D eigenvalue weighted by atomic mass is 9.98. The number of amides is 1. The number of piperidine rings is 1. The Labute approximate surface area is 137 Å². The summed E-state index contributed by atoms with van der Waals surface area (Å²) in [4.78, 5) is 23.4. The summed E-state index contributed by atoms with van der Waals surface area (Å²) in [5.74, 6) is 1.38. The van der Waals surface area contributed by atoms with Crippen molar-refractivity contribution in [3.8, 4) is 0 Å². The summed E-state index contributed by atoms with van der Waals surface area (Å²) in [7, 11) is 1.93. The molecule has 22 heavy (non-hydrogen) atoms. The fourth-order valence-corrected chi connectivity index (χ4v) is 3.72. The van der Waals surface area contributed by atoms with Gasteiger partial charge in [0.15, 0.2) is 0 Å². The van der Waals surface area contributed by atoms with Crippen molar-refractivity contribution in [2.45, 2.75) is 62.6 Å². The number of nitrogens with zero attached hydrogens (tertiary/aromatic N) is 3. The van der Waals surface area contributed by atoms with E-state index in [4.69, 9.17) is 0 Å². The largest absolute Gasteiger partial charge is 0.337 e. The van der Waals surface area contributed by atoms with Crippen molar-refractivity contribution in [2.24, 2.45) is 0 Å². The fourth-order valence-electron chi connectivity index (χ4n) is 3.72. The Morgan fingerprint density at radius 3 is 2.55 bits per heavy atom. The van der Waals surface area contributed by atoms with E-state index in [0.717, 1.165) is 31.5 Å². The van der Waals surface area contributed by atoms with Crippen LogP contribution in [-0.2, 0) is 0 Å². The van der Waals surface area contributed by atoms with E-state index in [9.17, 15) is 4.79 Å². The first-order valence-corrected chi connectivity index (χ1v) is 8.07. The summed E-state index contributed by atoms with van der Waals surface area (Å²) in [5, 5.41) is 3.62. The summed E-state index contributed by atoms with van der Waals surface area (Å²) in [6.45, 7) is 0. The number of fused-ring (bicyclic) bond motifs is 2. The van der Waals surface area contributed by atoms with Crippen LogP contribution in [0.5, 0.6) is 0 Å². The van der Waals surface area contributed by atoms with Gasteiger partial charge in [-0.25, -0.2) is 9.97 Å². The number of rotatable bonds is 3. The first-order chi connectivity index (χ1) is 10.2. The predicted octanol–water partition coefficient (Wildman–Crippen LogP) is 2.13. The topological polar surface area (TPSA) is 58.1 Å². The van der Waals surface area contributed by atoms with Crippen LogP contribution in [0.25, 0.3) is 0 Å². The molecule has 0 aromatic carbocycles. The maximum atomic E-state index is 12.7. The molecule has 2 unspecified atom stereocenters. The van der Waals surface area contributed by atoms with E-state index in [2.05, 4.69) is 15.3 Å². The van der Waals surface area contributed by atoms with E-state index in [1.165, 1.54) is 12.8 Å². The van der Waals surface area contributed by atoms with Crippen molar-refractivity contribution in [3.05, 3.63) is 23.8 Å². The monoisotopic (exact) mass is 322 g/mol. The maximum Gasteiger partial charge on any atom is 0.272 e. The molecule has 1 amide bonds. The molecule has 0 spiro atoms. The number of nitrogens with one attached hydrogen (secondary N) is 1. The Balaban J connectivity index is 0.00000144. The molecule has 5 nitrogen and oxygen atoms in total. The molecular weight excluding hydrogens is 300 g/mol. The second-order valence-electron chi connectivity index (χ2n) is 6.75. The molecule has 2 aliphatic heterocycles. The smallest absolute Gasteiger partial charge is 0.272 e. The molecule has 3 aliphatic rings. The lowest BCUT2D eigenvalue weighted by molar-refractivity contribution is 0.0675. The average molecular weight is 323 g/mol. The highest BCUT2D eigenvalue weighted by atomic mass is 35.5. The highest BCUT2D eigenvalue weighted by Gasteiger charge is 2.37. The normalized spacial score (nSPS) is 29.8. The third-order valence-corrected chi connectivity index (χ3v) is 5.15. The lowest BCUT2D eigenvalue weighted by Crippen LogP contribution is -2.48. The molecule has 1 aromatic rings. The van der Waals surface area contributed by atoms with Gasteiger partial charge in [0.25, 0.3) is 5.91 Å². The van der Waals surface area contributed by atoms with Crippen molar-refractivity contribution < 1.29 is 4.79 Å². The van der Waals surface area contributed by atoms with Gasteiger partial charge < -0.3 is 10.2 Å². The van der Waals surface area contributed by atoms with E-state index >= 15 is 0 Å². The van der Waals surface area contributed by atoms with Crippen molar-refractivity contribution in [1.29, 1.82) is 0 Å². The van der Waals surface area contributed by atoms with E-state index in [0.29, 0.717) is 29.7 Å². The molecule has 4 rings (SSSR count). The summed E-state index contributed by atoms with van der Waals surface area (Å²) in [6.07, 6.45) is 8.69. The van der Waals surface area contributed by atoms with Crippen LogP contribution in [0.2, 0.25) is 0 Å². The van der Waals surface area contributed by atoms with Crippen LogP contribution < -0.4 is 5.32 Å². The van der Waals surface area contributed by atoms with Gasteiger partial charge in [-0.1, -0.05) is 0 Å². The van der Waals surface area contributed by atoms with Gasteiger partial charge in [0.05, 0.1) is 0 Å². The van der Waals surface area contributed by atoms with Crippen molar-refractivity contribution in [3.63, 3.8) is 0 Å². The highest BCUT2D eigenvalue weighted by Crippen LogP contribution is 2.37. The zero-order valence-electron chi connectivity index (χ0n) is 12.9. The molecule has 0 radical (unpaired) electrons. The van der Waals surface area contributed by atoms with Crippen molar-refractivity contribution in [1.82, 2.24) is 20.2 Å². The van der Waals surface area contributed by atoms with Gasteiger partial charge in [0.2, 0.25) is 0 Å². The molecular formula is C16H23ClN4O. The molecule has 6 heteroatoms. The van der Waals surface area contributed by atoms with Crippen LogP contribution in [0.15, 0.2) is 12.3 Å². The van der Waals surface area contributed by atoms with E-state index in [1.54, 1.807) is 12.3 Å². The number of hydrogen-bond donors (Lipinski definition) is 1. The van der Waals surface area contributed by atoms with Crippen LogP contribution >= 0.6 is 12.4 Å². The molecule has 120 valence electrons. The molecule has 1 aliphatic carbocycles. The van der Waals surface area contributed by atoms with Crippen LogP contribution in [0.1, 0.15) is 60.8 Å². The summed E-state index contributed by atoms with van der Waals surface area (Å²) in [6, 6.07) is 3.28. The quantitative estimate of drug-likeness (QED) is 0.926. The van der Waals surface area contributed by atoms with Gasteiger partial charge in [-0.05, 0) is 44.6 Å². The highest BCUT2D eigenvalue weighted by molar-refractivity contribution is 5.92. The van der Waals surface area contributed by atoms with Crippen molar-refractivity contribution in [2.75, 3.05) is 7.05 Å². The molecule has 3 fully saturated rings. The molecule has 1 N–H and O–H groups in total. The number of carbonyl (C=O) groups excluding carboxylic acids is 1. The van der Waals surface area contributed by atoms with Crippen molar-refractivity contribution >= 4 is 18.3 Å². The van der Waals surface area contributed by atoms with Crippen LogP contribution in [0.4, 0.5) is 0 Å². The van der Waals surface area contributed by atoms with Gasteiger partial charge in [0, 0.05) is 37.3 Å². The third-order valence-electron chi connectivity index (χ3n) is 5.15. The van der Waals surface area contributed by atoms with Gasteiger partial charge in [-0.2, -0.15) is 0 Å². The summed E-state index contributed by atoms with van der Waals surface area (Å²) in [5.41, 5.74) is 0.556. The minimum Gasteiger partial charge on any atom is -0.337 e. The number of halogens is 1. The van der Waals surface area contributed by atoms with Gasteiger partial charge >= 0.3 is 0 Å². The van der Waals surface area contributed by atoms with E-state index in [-0.39, 0.29) is 18.3 Å². The van der Waals surface area contributed by atoms with Gasteiger partial charge in [-0.3, -0.25) is 4.79 Å². The fraction of sp³-hybridized carbons (Fsp3) is 0.688. The third kappa shape index (κ3) is 2.97. The Kier molecular flexibility index (Phi) is 4.37. The van der Waals surface area contributed by atoms with Crippen LogP contribution in [0, 0.1) is 0 Å². The molecule has 1 saturated carbocycles. The van der Waals surface area contributed by atoms with Crippen LogP contribution in [-0.4, -0.2) is 45.9 Å². The van der Waals surface area contributed by atoms with E-state index in [1.807, 2.05) is 11.9 Å². The second kappa shape index (κ2) is 6.13. The number of carbonyl (C=O) groups is 1. The SMILES string of the molecule is CN(C(=O)c1ccnc(C2CC2)n1)C1CC2CCC(C1)N2.Cl. The summed E-state index contributed by atoms with van der Waals surface area (Å²) < 4.78 is 0. The van der Waals surface area contributed by atoms with Gasteiger partial charge in [-0.15, -0.1) is 12.4 Å².